The van der Waals surface area contributed by atoms with Crippen LogP contribution >= 0.6 is 0 Å². The molecule has 0 spiro atoms. The Hall–Kier alpha value is -1.35. The normalized spacial score (nSPS) is 12.2. The number of rotatable bonds is 5. The lowest BCUT2D eigenvalue weighted by molar-refractivity contribution is 0.0936. The van der Waals surface area contributed by atoms with E-state index in [0.717, 1.165) is 18.4 Å². The van der Waals surface area contributed by atoms with Crippen LogP contribution in [0.4, 0.5) is 0 Å². The zero-order valence-electron chi connectivity index (χ0n) is 9.99. The molecular weight excluding hydrogens is 200 g/mol. The van der Waals surface area contributed by atoms with Gasteiger partial charge in [-0.15, -0.1) is 0 Å². The summed E-state index contributed by atoms with van der Waals surface area (Å²) < 4.78 is 0. The van der Waals surface area contributed by atoms with Crippen LogP contribution in [0.3, 0.4) is 0 Å². The zero-order valence-corrected chi connectivity index (χ0v) is 9.99. The number of amides is 1. The van der Waals surface area contributed by atoms with Gasteiger partial charge in [-0.05, 0) is 25.5 Å². The van der Waals surface area contributed by atoms with Crippen molar-refractivity contribution in [2.24, 2.45) is 5.73 Å². The van der Waals surface area contributed by atoms with E-state index in [-0.39, 0.29) is 11.9 Å². The highest BCUT2D eigenvalue weighted by molar-refractivity contribution is 5.94. The van der Waals surface area contributed by atoms with E-state index in [0.29, 0.717) is 12.1 Å². The second-order valence-electron chi connectivity index (χ2n) is 4.06. The Balaban J connectivity index is 2.60. The highest BCUT2D eigenvalue weighted by Crippen LogP contribution is 2.04. The Labute approximate surface area is 97.0 Å². The molecule has 0 aromatic heterocycles. The molecule has 1 amide bonds. The molecule has 3 N–H and O–H groups in total. The quantitative estimate of drug-likeness (QED) is 0.795. The van der Waals surface area contributed by atoms with E-state index in [1.54, 1.807) is 0 Å². The second-order valence-corrected chi connectivity index (χ2v) is 4.06. The van der Waals surface area contributed by atoms with Gasteiger partial charge in [-0.1, -0.05) is 31.0 Å². The molecule has 88 valence electrons. The number of benzene rings is 1. The van der Waals surface area contributed by atoms with Crippen LogP contribution in [0.25, 0.3) is 0 Å². The van der Waals surface area contributed by atoms with Gasteiger partial charge in [0, 0.05) is 18.2 Å². The summed E-state index contributed by atoms with van der Waals surface area (Å²) in [6, 6.07) is 7.63. The first-order valence-corrected chi connectivity index (χ1v) is 5.75. The Kier molecular flexibility index (Phi) is 4.99. The van der Waals surface area contributed by atoms with Crippen molar-refractivity contribution in [3.63, 3.8) is 0 Å². The number of carbonyl (C=O) groups is 1. The molecule has 3 nitrogen and oxygen atoms in total. The molecule has 0 bridgehead atoms. The van der Waals surface area contributed by atoms with E-state index >= 15 is 0 Å². The van der Waals surface area contributed by atoms with E-state index in [9.17, 15) is 4.79 Å². The van der Waals surface area contributed by atoms with E-state index in [1.165, 1.54) is 0 Å². The molecule has 1 unspecified atom stereocenters. The average Bonchev–Trinajstić information content (AvgIpc) is 2.29. The van der Waals surface area contributed by atoms with Crippen LogP contribution in [0.2, 0.25) is 0 Å². The summed E-state index contributed by atoms with van der Waals surface area (Å²) in [5.74, 6) is -0.0381. The number of hydrogen-bond acceptors (Lipinski definition) is 2. The number of aryl methyl sites for hydroxylation is 1. The van der Waals surface area contributed by atoms with Gasteiger partial charge in [0.15, 0.2) is 0 Å². The van der Waals surface area contributed by atoms with Crippen LogP contribution in [0.15, 0.2) is 24.3 Å². The van der Waals surface area contributed by atoms with Gasteiger partial charge in [0.05, 0.1) is 0 Å². The van der Waals surface area contributed by atoms with Crippen LogP contribution in [0.1, 0.15) is 35.7 Å². The zero-order chi connectivity index (χ0) is 12.0. The third kappa shape index (κ3) is 3.66. The molecule has 1 aromatic rings. The standard InChI is InChI=1S/C13H20N2O/c1-3-4-12(9-14)15-13(16)11-7-5-10(2)6-8-11/h5-8,12H,3-4,9,14H2,1-2H3,(H,15,16). The van der Waals surface area contributed by atoms with Gasteiger partial charge < -0.3 is 11.1 Å². The van der Waals surface area contributed by atoms with Crippen LogP contribution in [-0.2, 0) is 0 Å². The van der Waals surface area contributed by atoms with E-state index in [2.05, 4.69) is 12.2 Å². The van der Waals surface area contributed by atoms with E-state index in [1.807, 2.05) is 31.2 Å². The molecule has 0 radical (unpaired) electrons. The summed E-state index contributed by atoms with van der Waals surface area (Å²) in [5, 5.41) is 2.94. The second kappa shape index (κ2) is 6.28. The maximum absolute atomic E-state index is 11.8. The third-order valence-electron chi connectivity index (χ3n) is 2.57. The van der Waals surface area contributed by atoms with Crippen LogP contribution in [0, 0.1) is 6.92 Å². The summed E-state index contributed by atoms with van der Waals surface area (Å²) in [6.45, 7) is 4.58. The summed E-state index contributed by atoms with van der Waals surface area (Å²) in [7, 11) is 0. The topological polar surface area (TPSA) is 55.1 Å². The Morgan fingerprint density at radius 2 is 2.00 bits per heavy atom. The molecule has 0 aliphatic rings. The lowest BCUT2D eigenvalue weighted by Gasteiger charge is -2.15. The van der Waals surface area contributed by atoms with Crippen LogP contribution in [0.5, 0.6) is 0 Å². The highest BCUT2D eigenvalue weighted by atomic mass is 16.1. The number of hydrogen-bond donors (Lipinski definition) is 2. The molecule has 0 aliphatic carbocycles. The van der Waals surface area contributed by atoms with Crippen molar-refractivity contribution in [2.75, 3.05) is 6.54 Å². The molecule has 1 aromatic carbocycles. The van der Waals surface area contributed by atoms with Gasteiger partial charge in [0.1, 0.15) is 0 Å². The van der Waals surface area contributed by atoms with Gasteiger partial charge in [-0.25, -0.2) is 0 Å². The molecule has 1 rings (SSSR count). The van der Waals surface area contributed by atoms with Crippen molar-refractivity contribution in [1.29, 1.82) is 0 Å². The molecule has 0 heterocycles. The molecule has 0 saturated heterocycles. The van der Waals surface area contributed by atoms with E-state index in [4.69, 9.17) is 5.73 Å². The van der Waals surface area contributed by atoms with Crippen LogP contribution < -0.4 is 11.1 Å². The first-order chi connectivity index (χ1) is 7.67. The van der Waals surface area contributed by atoms with Crippen molar-refractivity contribution in [2.45, 2.75) is 32.7 Å². The van der Waals surface area contributed by atoms with Gasteiger partial charge in [0.2, 0.25) is 0 Å². The van der Waals surface area contributed by atoms with Gasteiger partial charge in [0.25, 0.3) is 5.91 Å². The maximum atomic E-state index is 11.8. The number of carbonyl (C=O) groups excluding carboxylic acids is 1. The van der Waals surface area contributed by atoms with Crippen LogP contribution in [-0.4, -0.2) is 18.5 Å². The monoisotopic (exact) mass is 220 g/mol. The minimum Gasteiger partial charge on any atom is -0.348 e. The first kappa shape index (κ1) is 12.7. The fraction of sp³-hybridized carbons (Fsp3) is 0.462. The fourth-order valence-electron chi connectivity index (χ4n) is 1.57. The first-order valence-electron chi connectivity index (χ1n) is 5.75. The lowest BCUT2D eigenvalue weighted by Crippen LogP contribution is -2.40. The summed E-state index contributed by atoms with van der Waals surface area (Å²) in [5.41, 5.74) is 7.44. The third-order valence-corrected chi connectivity index (χ3v) is 2.57. The lowest BCUT2D eigenvalue weighted by atomic mass is 10.1. The smallest absolute Gasteiger partial charge is 0.251 e. The van der Waals surface area contributed by atoms with E-state index < -0.39 is 0 Å². The number of nitrogens with two attached hydrogens (primary N) is 1. The Morgan fingerprint density at radius 3 is 2.50 bits per heavy atom. The minimum absolute atomic E-state index is 0.0381. The SMILES string of the molecule is CCCC(CN)NC(=O)c1ccc(C)cc1. The summed E-state index contributed by atoms with van der Waals surface area (Å²) >= 11 is 0. The molecule has 0 fully saturated rings. The molecule has 16 heavy (non-hydrogen) atoms. The molecule has 1 atom stereocenters. The molecule has 0 saturated carbocycles. The van der Waals surface area contributed by atoms with Crippen molar-refractivity contribution >= 4 is 5.91 Å². The van der Waals surface area contributed by atoms with Crippen molar-refractivity contribution in [3.05, 3.63) is 35.4 Å². The molecule has 0 aliphatic heterocycles. The summed E-state index contributed by atoms with van der Waals surface area (Å²) in [4.78, 5) is 11.8. The Bertz CT molecular complexity index is 332. The van der Waals surface area contributed by atoms with Crippen molar-refractivity contribution in [1.82, 2.24) is 5.32 Å². The fourth-order valence-corrected chi connectivity index (χ4v) is 1.57. The maximum Gasteiger partial charge on any atom is 0.251 e. The van der Waals surface area contributed by atoms with Gasteiger partial charge in [-0.3, -0.25) is 4.79 Å². The van der Waals surface area contributed by atoms with Crippen molar-refractivity contribution in [3.8, 4) is 0 Å². The largest absolute Gasteiger partial charge is 0.348 e. The highest BCUT2D eigenvalue weighted by Gasteiger charge is 2.10. The molecular formula is C13H20N2O. The van der Waals surface area contributed by atoms with Gasteiger partial charge >= 0.3 is 0 Å². The summed E-state index contributed by atoms with van der Waals surface area (Å²) in [6.07, 6.45) is 1.95. The molecule has 3 heteroatoms. The van der Waals surface area contributed by atoms with Crippen molar-refractivity contribution < 1.29 is 4.79 Å². The predicted octanol–water partition coefficient (Wildman–Crippen LogP) is 1.85. The predicted molar refractivity (Wildman–Crippen MR) is 66.4 cm³/mol. The van der Waals surface area contributed by atoms with Gasteiger partial charge in [-0.2, -0.15) is 0 Å². The Morgan fingerprint density at radius 1 is 1.38 bits per heavy atom. The average molecular weight is 220 g/mol. The minimum atomic E-state index is -0.0381. The number of nitrogens with one attached hydrogen (secondary N) is 1.